The number of ether oxygens (including phenoxy) is 1. The summed E-state index contributed by atoms with van der Waals surface area (Å²) < 4.78 is 33.8. The lowest BCUT2D eigenvalue weighted by Gasteiger charge is -2.36. The molecule has 0 N–H and O–H groups in total. The molecule has 4 rings (SSSR count). The number of benzene rings is 1. The van der Waals surface area contributed by atoms with E-state index >= 15 is 0 Å². The summed E-state index contributed by atoms with van der Waals surface area (Å²) in [6.45, 7) is 2.87. The van der Waals surface area contributed by atoms with Crippen LogP contribution in [0.5, 0.6) is 5.75 Å². The summed E-state index contributed by atoms with van der Waals surface area (Å²) in [5, 5.41) is 0. The number of rotatable bonds is 6. The fourth-order valence-corrected chi connectivity index (χ4v) is 3.64. The number of hydrogen-bond acceptors (Lipinski definition) is 7. The third kappa shape index (κ3) is 4.07. The van der Waals surface area contributed by atoms with Crippen LogP contribution in [0.25, 0.3) is 11.6 Å². The predicted molar refractivity (Wildman–Crippen MR) is 113 cm³/mol. The molecule has 3 heterocycles. The van der Waals surface area contributed by atoms with Gasteiger partial charge in [0.1, 0.15) is 0 Å². The second-order valence-electron chi connectivity index (χ2n) is 6.95. The largest absolute Gasteiger partial charge is 0.490 e. The first-order chi connectivity index (χ1) is 14.6. The molecule has 0 radical (unpaired) electrons. The van der Waals surface area contributed by atoms with Crippen LogP contribution in [-0.4, -0.2) is 38.8 Å². The van der Waals surface area contributed by atoms with E-state index in [1.165, 1.54) is 6.07 Å². The molecule has 0 saturated heterocycles. The van der Waals surface area contributed by atoms with E-state index in [9.17, 15) is 8.78 Å². The highest BCUT2D eigenvalue weighted by atomic mass is 32.1. The maximum absolute atomic E-state index is 14.2. The quantitative estimate of drug-likeness (QED) is 0.471. The van der Waals surface area contributed by atoms with Gasteiger partial charge in [-0.2, -0.15) is 17.0 Å². The lowest BCUT2D eigenvalue weighted by atomic mass is 9.98. The standard InChI is InChI=1S/C21H21F2N5OS/c1-13-15-12-26-21(20-24-5-2-6-25-20)27-17(15)4-7-28(13)14-10-16(22)19(23)18(11-14)29-8-3-9-30/h2,5-6,10-13,30H,3-4,7-9H2,1H3. The van der Waals surface area contributed by atoms with Gasteiger partial charge in [-0.25, -0.2) is 24.3 Å². The average molecular weight is 429 g/mol. The predicted octanol–water partition coefficient (Wildman–Crippen LogP) is 4.03. The Kier molecular flexibility index (Phi) is 6.08. The van der Waals surface area contributed by atoms with Gasteiger partial charge in [0.05, 0.1) is 18.3 Å². The van der Waals surface area contributed by atoms with Crippen LogP contribution in [0, 0.1) is 11.6 Å². The highest BCUT2D eigenvalue weighted by Gasteiger charge is 2.28. The third-order valence-corrected chi connectivity index (χ3v) is 5.36. The second kappa shape index (κ2) is 8.91. The first-order valence-electron chi connectivity index (χ1n) is 9.71. The van der Waals surface area contributed by atoms with Crippen molar-refractivity contribution in [1.82, 2.24) is 19.9 Å². The summed E-state index contributed by atoms with van der Waals surface area (Å²) >= 11 is 4.11. The Morgan fingerprint density at radius 3 is 2.73 bits per heavy atom. The van der Waals surface area contributed by atoms with Crippen molar-refractivity contribution in [3.63, 3.8) is 0 Å². The maximum Gasteiger partial charge on any atom is 0.200 e. The van der Waals surface area contributed by atoms with E-state index in [1.807, 2.05) is 11.8 Å². The van der Waals surface area contributed by atoms with Crippen molar-refractivity contribution in [1.29, 1.82) is 0 Å². The summed E-state index contributed by atoms with van der Waals surface area (Å²) in [7, 11) is 0. The van der Waals surface area contributed by atoms with Crippen LogP contribution in [-0.2, 0) is 6.42 Å². The Balaban J connectivity index is 1.61. The molecular formula is C21H21F2N5OS. The molecule has 0 spiro atoms. The average Bonchev–Trinajstić information content (AvgIpc) is 2.77. The van der Waals surface area contributed by atoms with Gasteiger partial charge >= 0.3 is 0 Å². The van der Waals surface area contributed by atoms with Crippen molar-refractivity contribution in [3.8, 4) is 17.4 Å². The highest BCUT2D eigenvalue weighted by molar-refractivity contribution is 7.80. The Morgan fingerprint density at radius 1 is 1.17 bits per heavy atom. The Labute approximate surface area is 178 Å². The van der Waals surface area contributed by atoms with Gasteiger partial charge in [-0.15, -0.1) is 0 Å². The van der Waals surface area contributed by atoms with Crippen molar-refractivity contribution in [2.24, 2.45) is 0 Å². The first kappa shape index (κ1) is 20.5. The van der Waals surface area contributed by atoms with E-state index in [0.29, 0.717) is 42.5 Å². The normalized spacial score (nSPS) is 15.7. The van der Waals surface area contributed by atoms with E-state index in [2.05, 4.69) is 32.6 Å². The molecule has 3 aromatic rings. The van der Waals surface area contributed by atoms with Crippen molar-refractivity contribution in [3.05, 3.63) is 59.7 Å². The molecule has 156 valence electrons. The van der Waals surface area contributed by atoms with E-state index in [1.54, 1.807) is 30.7 Å². The monoisotopic (exact) mass is 429 g/mol. The summed E-state index contributed by atoms with van der Waals surface area (Å²) in [5.41, 5.74) is 2.40. The van der Waals surface area contributed by atoms with Crippen LogP contribution in [0.3, 0.4) is 0 Å². The number of fused-ring (bicyclic) bond motifs is 1. The molecule has 0 bridgehead atoms. The molecule has 2 aromatic heterocycles. The smallest absolute Gasteiger partial charge is 0.200 e. The zero-order valence-corrected chi connectivity index (χ0v) is 17.3. The van der Waals surface area contributed by atoms with Crippen LogP contribution in [0.2, 0.25) is 0 Å². The molecule has 1 unspecified atom stereocenters. The number of anilines is 1. The molecule has 0 aliphatic carbocycles. The van der Waals surface area contributed by atoms with Gasteiger partial charge in [-0.3, -0.25) is 0 Å². The fraction of sp³-hybridized carbons (Fsp3) is 0.333. The second-order valence-corrected chi connectivity index (χ2v) is 7.40. The summed E-state index contributed by atoms with van der Waals surface area (Å²) in [6.07, 6.45) is 6.33. The molecule has 0 amide bonds. The zero-order chi connectivity index (χ0) is 21.1. The number of nitrogens with zero attached hydrogens (tertiary/aromatic N) is 5. The Hall–Kier alpha value is -2.81. The van der Waals surface area contributed by atoms with Gasteiger partial charge in [-0.05, 0) is 25.2 Å². The van der Waals surface area contributed by atoms with E-state index < -0.39 is 11.6 Å². The summed E-state index contributed by atoms with van der Waals surface area (Å²) in [5.74, 6) is -0.433. The molecule has 0 fully saturated rings. The topological polar surface area (TPSA) is 64.0 Å². The summed E-state index contributed by atoms with van der Waals surface area (Å²) in [6, 6.07) is 4.37. The lowest BCUT2D eigenvalue weighted by molar-refractivity contribution is 0.296. The van der Waals surface area contributed by atoms with E-state index in [0.717, 1.165) is 11.3 Å². The Bertz CT molecular complexity index is 1040. The van der Waals surface area contributed by atoms with Crippen molar-refractivity contribution < 1.29 is 13.5 Å². The third-order valence-electron chi connectivity index (χ3n) is 5.04. The molecule has 0 saturated carbocycles. The van der Waals surface area contributed by atoms with Crippen LogP contribution >= 0.6 is 12.6 Å². The van der Waals surface area contributed by atoms with E-state index in [4.69, 9.17) is 4.74 Å². The van der Waals surface area contributed by atoms with Crippen molar-refractivity contribution in [2.75, 3.05) is 23.8 Å². The number of thiol groups is 1. The number of aromatic nitrogens is 4. The van der Waals surface area contributed by atoms with Gasteiger partial charge in [0.15, 0.2) is 23.2 Å². The maximum atomic E-state index is 14.2. The van der Waals surface area contributed by atoms with Crippen LogP contribution < -0.4 is 9.64 Å². The molecule has 1 aliphatic rings. The minimum absolute atomic E-state index is 0.0856. The molecule has 1 aromatic carbocycles. The van der Waals surface area contributed by atoms with Gasteiger partial charge in [0.25, 0.3) is 0 Å². The van der Waals surface area contributed by atoms with Crippen molar-refractivity contribution >= 4 is 18.3 Å². The molecule has 1 atom stereocenters. The van der Waals surface area contributed by atoms with Crippen LogP contribution in [0.4, 0.5) is 14.5 Å². The molecule has 9 heteroatoms. The van der Waals surface area contributed by atoms with Gasteiger partial charge in [-0.1, -0.05) is 0 Å². The zero-order valence-electron chi connectivity index (χ0n) is 16.4. The fourth-order valence-electron chi connectivity index (χ4n) is 3.51. The van der Waals surface area contributed by atoms with Gasteiger partial charge in [0.2, 0.25) is 5.82 Å². The number of halogens is 2. The number of hydrogen-bond donors (Lipinski definition) is 1. The Morgan fingerprint density at radius 2 is 1.97 bits per heavy atom. The van der Waals surface area contributed by atoms with Crippen LogP contribution in [0.15, 0.2) is 36.8 Å². The minimum Gasteiger partial charge on any atom is -0.490 e. The van der Waals surface area contributed by atoms with Crippen molar-refractivity contribution in [2.45, 2.75) is 25.8 Å². The highest BCUT2D eigenvalue weighted by Crippen LogP contribution is 2.36. The minimum atomic E-state index is -0.973. The van der Waals surface area contributed by atoms with Crippen LogP contribution in [0.1, 0.15) is 30.6 Å². The lowest BCUT2D eigenvalue weighted by Crippen LogP contribution is -2.35. The molecular weight excluding hydrogens is 408 g/mol. The van der Waals surface area contributed by atoms with E-state index in [-0.39, 0.29) is 18.4 Å². The first-order valence-corrected chi connectivity index (χ1v) is 10.3. The molecule has 6 nitrogen and oxygen atoms in total. The van der Waals surface area contributed by atoms with Gasteiger partial charge < -0.3 is 9.64 Å². The SMILES string of the molecule is CC1c2cnc(-c3ncccn3)nc2CCN1c1cc(F)c(F)c(OCCCS)c1. The molecule has 30 heavy (non-hydrogen) atoms. The molecule has 1 aliphatic heterocycles. The van der Waals surface area contributed by atoms with Gasteiger partial charge in [0, 0.05) is 54.9 Å². The summed E-state index contributed by atoms with van der Waals surface area (Å²) in [4.78, 5) is 19.4.